The van der Waals surface area contributed by atoms with Gasteiger partial charge in [0.1, 0.15) is 42.3 Å². The summed E-state index contributed by atoms with van der Waals surface area (Å²) >= 11 is 0. The molecule has 2 aliphatic rings. The molecule has 408 valence electrons. The normalized spacial score (nSPS) is 25.1. The van der Waals surface area contributed by atoms with Crippen molar-refractivity contribution < 1.29 is 53.0 Å². The number of piperidine rings is 1. The third kappa shape index (κ3) is 16.8. The van der Waals surface area contributed by atoms with Crippen LogP contribution in [-0.2, 0) is 60.7 Å². The summed E-state index contributed by atoms with van der Waals surface area (Å²) in [4.78, 5) is 138. The molecule has 20 nitrogen and oxygen atoms in total. The Balaban J connectivity index is 1.91. The van der Waals surface area contributed by atoms with E-state index < -0.39 is 120 Å². The first-order chi connectivity index (χ1) is 34.7. The summed E-state index contributed by atoms with van der Waals surface area (Å²) in [5, 5.41) is 18.9. The van der Waals surface area contributed by atoms with Crippen LogP contribution in [0.15, 0.2) is 60.7 Å². The van der Waals surface area contributed by atoms with E-state index in [1.165, 1.54) is 63.8 Å². The quantitative estimate of drug-likeness (QED) is 0.265. The third-order valence-corrected chi connectivity index (χ3v) is 13.7. The van der Waals surface area contributed by atoms with Gasteiger partial charge >= 0.3 is 0 Å². The number of hydrogen-bond donors (Lipinski definition) is 4. The summed E-state index contributed by atoms with van der Waals surface area (Å²) in [6, 6.07) is 8.54. The summed E-state index contributed by atoms with van der Waals surface area (Å²) in [7, 11) is 6.98. The molecule has 0 spiro atoms. The van der Waals surface area contributed by atoms with Gasteiger partial charge in [0, 0.05) is 61.2 Å². The third-order valence-electron chi connectivity index (χ3n) is 13.7. The number of aliphatic hydroxyl groups excluding tert-OH is 1. The Morgan fingerprint density at radius 1 is 0.662 bits per heavy atom. The number of nitrogens with zero attached hydrogens (tertiary/aromatic N) is 6. The second-order valence-electron chi connectivity index (χ2n) is 21.2. The number of carbonyl (C=O) groups excluding carboxylic acids is 9. The van der Waals surface area contributed by atoms with Crippen LogP contribution in [0.5, 0.6) is 0 Å². The van der Waals surface area contributed by atoms with Crippen molar-refractivity contribution >= 4 is 53.2 Å². The van der Waals surface area contributed by atoms with Crippen molar-refractivity contribution in [1.82, 2.24) is 45.3 Å². The zero-order valence-corrected chi connectivity index (χ0v) is 45.5. The molecule has 4 rings (SSSR count). The lowest BCUT2D eigenvalue weighted by molar-refractivity contribution is -0.154. The van der Waals surface area contributed by atoms with Crippen LogP contribution in [0.2, 0.25) is 0 Å². The van der Waals surface area contributed by atoms with E-state index in [-0.39, 0.29) is 31.8 Å². The van der Waals surface area contributed by atoms with Gasteiger partial charge in [-0.2, -0.15) is 0 Å². The smallest absolute Gasteiger partial charge is 0.248 e. The number of amides is 9. The van der Waals surface area contributed by atoms with Gasteiger partial charge in [-0.1, -0.05) is 74.5 Å². The van der Waals surface area contributed by atoms with Gasteiger partial charge < -0.3 is 55.2 Å². The van der Waals surface area contributed by atoms with Crippen LogP contribution in [0.4, 0.5) is 0 Å². The average Bonchev–Trinajstić information content (AvgIpc) is 3.36. The Labute approximate surface area is 436 Å². The van der Waals surface area contributed by atoms with E-state index >= 15 is 9.59 Å². The molecule has 0 bridgehead atoms. The van der Waals surface area contributed by atoms with Crippen LogP contribution in [0.3, 0.4) is 0 Å². The van der Waals surface area contributed by atoms with E-state index in [1.807, 2.05) is 19.9 Å². The standard InChI is InChI=1S/C54H81N9O11/c1-34(2)28-41-48(68)56-40(33-74-54(5,6)7)47(67)55-39(50(70)63-26-20-15-21-27-63)31-45(66)58(8)32-44(65)57-46(36(4)64)53(73)59(9)35(3)49(69)61(11)42(29-37-22-16-13-17-23-37)52(72)62(12)43(51(71)60(41)10)30-38-24-18-14-19-25-38/h13-14,16-19,22-25,34-36,39-43,46,64H,15,20-21,26-33H2,1-12H3,(H,55,67)(H,56,68)(H,57,65)/t35-,36+,39?,40-,41-,42-,43-,46-/m0/s1. The molecule has 0 radical (unpaired) electrons. The van der Waals surface area contributed by atoms with Crippen LogP contribution >= 0.6 is 0 Å². The van der Waals surface area contributed by atoms with Gasteiger partial charge in [0.2, 0.25) is 53.2 Å². The Morgan fingerprint density at radius 2 is 1.16 bits per heavy atom. The minimum Gasteiger partial charge on any atom is -0.391 e. The number of rotatable bonds is 10. The zero-order valence-electron chi connectivity index (χ0n) is 45.5. The van der Waals surface area contributed by atoms with Crippen molar-refractivity contribution in [2.75, 3.05) is 61.5 Å². The highest BCUT2D eigenvalue weighted by Gasteiger charge is 2.42. The lowest BCUT2D eigenvalue weighted by atomic mass is 9.97. The molecule has 2 aliphatic heterocycles. The molecule has 20 heteroatoms. The van der Waals surface area contributed by atoms with Gasteiger partial charge in [0.15, 0.2) is 0 Å². The number of benzene rings is 2. The minimum absolute atomic E-state index is 0.000268. The van der Waals surface area contributed by atoms with Gasteiger partial charge in [-0.3, -0.25) is 43.2 Å². The summed E-state index contributed by atoms with van der Waals surface area (Å²) in [5.41, 5.74) is 0.576. The number of aliphatic hydroxyl groups is 1. The van der Waals surface area contributed by atoms with Crippen molar-refractivity contribution in [2.24, 2.45) is 5.92 Å². The summed E-state index contributed by atoms with van der Waals surface area (Å²) in [6.45, 7) is 11.5. The highest BCUT2D eigenvalue weighted by atomic mass is 16.5. The fourth-order valence-electron chi connectivity index (χ4n) is 8.98. The molecule has 0 saturated carbocycles. The number of carbonyl (C=O) groups is 9. The SMILES string of the molecule is CC(C)C[C@H]1C(=O)N[C@@H](COC(C)(C)C)C(=O)NC(C(=O)N2CCCCC2)CC(=O)N(C)CC(=O)N[C@@H]([C@@H](C)O)C(=O)N(C)[C@@H](C)C(=O)N(C)[C@@H](Cc2ccccc2)C(=O)N(C)[C@@H](Cc2ccccc2)C(=O)N1C. The highest BCUT2D eigenvalue weighted by molar-refractivity contribution is 5.99. The molecule has 2 aromatic rings. The molecular formula is C54H81N9O11. The maximum absolute atomic E-state index is 15.3. The fourth-order valence-corrected chi connectivity index (χ4v) is 8.98. The van der Waals surface area contributed by atoms with Crippen LogP contribution < -0.4 is 16.0 Å². The van der Waals surface area contributed by atoms with Crippen LogP contribution in [0.25, 0.3) is 0 Å². The number of ether oxygens (including phenoxy) is 1. The topological polar surface area (TPSA) is 239 Å². The Morgan fingerprint density at radius 3 is 1.65 bits per heavy atom. The molecule has 0 aliphatic carbocycles. The molecule has 9 amide bonds. The summed E-state index contributed by atoms with van der Waals surface area (Å²) < 4.78 is 6.06. The van der Waals surface area contributed by atoms with Crippen molar-refractivity contribution in [3.05, 3.63) is 71.8 Å². The molecule has 8 atom stereocenters. The van der Waals surface area contributed by atoms with Crippen molar-refractivity contribution in [2.45, 2.75) is 147 Å². The van der Waals surface area contributed by atoms with E-state index in [9.17, 15) is 38.7 Å². The maximum atomic E-state index is 15.3. The molecule has 0 aromatic heterocycles. The van der Waals surface area contributed by atoms with Gasteiger partial charge in [0.25, 0.3) is 0 Å². The van der Waals surface area contributed by atoms with Crippen LogP contribution in [0.1, 0.15) is 91.7 Å². The van der Waals surface area contributed by atoms with Gasteiger partial charge in [-0.15, -0.1) is 0 Å². The van der Waals surface area contributed by atoms with Gasteiger partial charge in [-0.05, 0) is 77.3 Å². The van der Waals surface area contributed by atoms with Crippen LogP contribution in [-0.4, -0.2) is 203 Å². The molecular weight excluding hydrogens is 951 g/mol. The minimum atomic E-state index is -1.59. The molecule has 1 unspecified atom stereocenters. The van der Waals surface area contributed by atoms with Gasteiger partial charge in [-0.25, -0.2) is 0 Å². The first kappa shape index (κ1) is 60.1. The molecule has 2 heterocycles. The highest BCUT2D eigenvalue weighted by Crippen LogP contribution is 2.22. The molecule has 4 N–H and O–H groups in total. The molecule has 2 saturated heterocycles. The van der Waals surface area contributed by atoms with E-state index in [1.54, 1.807) is 80.3 Å². The van der Waals surface area contributed by atoms with Crippen molar-refractivity contribution in [3.63, 3.8) is 0 Å². The largest absolute Gasteiger partial charge is 0.391 e. The predicted molar refractivity (Wildman–Crippen MR) is 278 cm³/mol. The number of likely N-dealkylation sites (N-methyl/N-ethyl adjacent to an activating group) is 5. The lowest BCUT2D eigenvalue weighted by Gasteiger charge is -2.39. The molecule has 2 aromatic carbocycles. The Bertz CT molecular complexity index is 2270. The monoisotopic (exact) mass is 1030 g/mol. The summed E-state index contributed by atoms with van der Waals surface area (Å²) in [5.74, 6) is -6.61. The van der Waals surface area contributed by atoms with E-state index in [0.717, 1.165) is 16.2 Å². The second-order valence-corrected chi connectivity index (χ2v) is 21.2. The predicted octanol–water partition coefficient (Wildman–Crippen LogP) is 1.37. The number of nitrogens with one attached hydrogen (secondary N) is 3. The molecule has 74 heavy (non-hydrogen) atoms. The lowest BCUT2D eigenvalue weighted by Crippen LogP contribution is -2.62. The molecule has 2 fully saturated rings. The number of likely N-dealkylation sites (tertiary alicyclic amines) is 1. The van der Waals surface area contributed by atoms with Crippen LogP contribution in [0, 0.1) is 5.92 Å². The maximum Gasteiger partial charge on any atom is 0.248 e. The van der Waals surface area contributed by atoms with E-state index in [2.05, 4.69) is 16.0 Å². The number of hydrogen-bond acceptors (Lipinski definition) is 11. The first-order valence-electron chi connectivity index (χ1n) is 25.6. The van der Waals surface area contributed by atoms with Crippen molar-refractivity contribution in [3.8, 4) is 0 Å². The summed E-state index contributed by atoms with van der Waals surface area (Å²) in [6.07, 6.45) is 0.348. The first-order valence-corrected chi connectivity index (χ1v) is 25.6. The fraction of sp³-hybridized carbons (Fsp3) is 0.611. The van der Waals surface area contributed by atoms with Crippen molar-refractivity contribution in [1.29, 1.82) is 0 Å². The second kappa shape index (κ2) is 27.2. The Hall–Kier alpha value is -6.41. The van der Waals surface area contributed by atoms with Gasteiger partial charge in [0.05, 0.1) is 31.3 Å². The Kier molecular flexibility index (Phi) is 22.1. The van der Waals surface area contributed by atoms with E-state index in [4.69, 9.17) is 4.74 Å². The zero-order chi connectivity index (χ0) is 55.2. The average molecular weight is 1030 g/mol. The van der Waals surface area contributed by atoms with E-state index in [0.29, 0.717) is 37.1 Å².